The fourth-order valence-electron chi connectivity index (χ4n) is 6.83. The summed E-state index contributed by atoms with van der Waals surface area (Å²) in [6.45, 7) is 3.58. The number of aromatic nitrogens is 3. The maximum atomic E-state index is 12.8. The first-order valence-corrected chi connectivity index (χ1v) is 15.8. The Morgan fingerprint density at radius 1 is 0.886 bits per heavy atom. The highest BCUT2D eigenvalue weighted by Crippen LogP contribution is 2.33. The molecule has 4 N–H and O–H groups in total. The number of anilines is 3. The molecule has 1 saturated carbocycles. The lowest BCUT2D eigenvalue weighted by Gasteiger charge is -2.36. The Balaban J connectivity index is 1.09. The molecule has 6 rings (SSSR count). The summed E-state index contributed by atoms with van der Waals surface area (Å²) in [5.74, 6) is 1.06. The van der Waals surface area contributed by atoms with Crippen LogP contribution in [-0.4, -0.2) is 77.3 Å². The number of amides is 2. The van der Waals surface area contributed by atoms with E-state index in [-0.39, 0.29) is 23.5 Å². The molecule has 3 aliphatic rings. The van der Waals surface area contributed by atoms with Gasteiger partial charge in [0, 0.05) is 36.4 Å². The van der Waals surface area contributed by atoms with E-state index in [0.717, 1.165) is 24.6 Å². The van der Waals surface area contributed by atoms with E-state index in [2.05, 4.69) is 42.8 Å². The summed E-state index contributed by atoms with van der Waals surface area (Å²) in [7, 11) is 1.59. The third kappa shape index (κ3) is 6.93. The summed E-state index contributed by atoms with van der Waals surface area (Å²) in [5.41, 5.74) is 8.33. The zero-order valence-electron chi connectivity index (χ0n) is 25.4. The van der Waals surface area contributed by atoms with Crippen molar-refractivity contribution in [2.24, 2.45) is 5.73 Å². The van der Waals surface area contributed by atoms with Gasteiger partial charge in [0.05, 0.1) is 7.11 Å². The minimum Gasteiger partial charge on any atom is -0.497 e. The number of carbonyl (C=O) groups is 2. The van der Waals surface area contributed by atoms with Crippen molar-refractivity contribution in [3.63, 3.8) is 0 Å². The fourth-order valence-corrected chi connectivity index (χ4v) is 6.83. The molecule has 2 aromatic carbocycles. The maximum absolute atomic E-state index is 12.8. The van der Waals surface area contributed by atoms with Gasteiger partial charge >= 0.3 is 0 Å². The average Bonchev–Trinajstić information content (AvgIpc) is 3.61. The molecular formula is C33H42N8O3. The minimum absolute atomic E-state index is 0.0153. The van der Waals surface area contributed by atoms with Crippen LogP contribution in [0.4, 0.5) is 17.5 Å². The lowest BCUT2D eigenvalue weighted by molar-refractivity contribution is 0.0931. The number of nitrogens with two attached hydrogens (primary N) is 1. The lowest BCUT2D eigenvalue weighted by atomic mass is 9.88. The maximum Gasteiger partial charge on any atom is 0.273 e. The molecule has 0 radical (unpaired) electrons. The number of nitrogens with zero attached hydrogens (tertiary/aromatic N) is 5. The number of nitrogens with one attached hydrogen (secondary N) is 2. The number of ether oxygens (including phenoxy) is 1. The molecule has 3 heterocycles. The van der Waals surface area contributed by atoms with Crippen LogP contribution < -0.4 is 26.0 Å². The first-order chi connectivity index (χ1) is 21.5. The molecule has 2 saturated heterocycles. The summed E-state index contributed by atoms with van der Waals surface area (Å²) < 4.78 is 5.19. The third-order valence-corrected chi connectivity index (χ3v) is 9.32. The number of benzene rings is 2. The molecule has 0 bridgehead atoms. The second-order valence-electron chi connectivity index (χ2n) is 12.2. The topological polar surface area (TPSA) is 139 Å². The van der Waals surface area contributed by atoms with Crippen LogP contribution in [0.15, 0.2) is 48.5 Å². The Morgan fingerprint density at radius 3 is 2.30 bits per heavy atom. The summed E-state index contributed by atoms with van der Waals surface area (Å²) in [4.78, 5) is 34.4. The number of methoxy groups -OCH3 is 1. The molecule has 1 atom stereocenters. The standard InChI is InChI=1S/C33H42N8O3/c1-44-28-14-10-24(11-15-28)32(43)36-26-5-4-18-41(21-26)33-37-31(29(30(34)42)38-39-33)35-25-12-8-22(9-13-25)23-16-19-40(20-17-23)27-6-2-3-7-27/h8-15,23,26-27H,2-7,16-21H2,1H3,(H2,34,42)(H,36,43)(H,35,37,39). The molecule has 2 amide bonds. The Bertz CT molecular complexity index is 1430. The van der Waals surface area contributed by atoms with Gasteiger partial charge in [-0.05, 0) is 99.5 Å². The van der Waals surface area contributed by atoms with Crippen molar-refractivity contribution in [1.29, 1.82) is 0 Å². The average molecular weight is 599 g/mol. The van der Waals surface area contributed by atoms with Crippen molar-refractivity contribution >= 4 is 29.3 Å². The van der Waals surface area contributed by atoms with Crippen LogP contribution in [-0.2, 0) is 0 Å². The molecule has 1 unspecified atom stereocenters. The van der Waals surface area contributed by atoms with E-state index in [1.54, 1.807) is 31.4 Å². The highest BCUT2D eigenvalue weighted by atomic mass is 16.5. The van der Waals surface area contributed by atoms with Gasteiger partial charge in [-0.2, -0.15) is 4.98 Å². The predicted octanol–water partition coefficient (Wildman–Crippen LogP) is 4.24. The number of primary amides is 1. The Kier molecular flexibility index (Phi) is 9.20. The predicted molar refractivity (Wildman–Crippen MR) is 170 cm³/mol. The van der Waals surface area contributed by atoms with Crippen molar-refractivity contribution in [3.8, 4) is 5.75 Å². The molecule has 1 aromatic heterocycles. The van der Waals surface area contributed by atoms with Gasteiger partial charge in [0.25, 0.3) is 11.8 Å². The number of piperidine rings is 2. The number of hydrogen-bond acceptors (Lipinski definition) is 9. The second kappa shape index (κ2) is 13.6. The second-order valence-corrected chi connectivity index (χ2v) is 12.2. The van der Waals surface area contributed by atoms with Gasteiger partial charge in [-0.1, -0.05) is 25.0 Å². The van der Waals surface area contributed by atoms with Crippen molar-refractivity contribution in [2.45, 2.75) is 69.4 Å². The van der Waals surface area contributed by atoms with Crippen LogP contribution in [0, 0.1) is 0 Å². The first kappa shape index (κ1) is 29.8. The van der Waals surface area contributed by atoms with Gasteiger partial charge in [0.2, 0.25) is 5.95 Å². The Labute approximate surface area is 258 Å². The van der Waals surface area contributed by atoms with Gasteiger partial charge in [-0.15, -0.1) is 10.2 Å². The van der Waals surface area contributed by atoms with E-state index in [1.165, 1.54) is 57.2 Å². The zero-order chi connectivity index (χ0) is 30.5. The number of rotatable bonds is 9. The summed E-state index contributed by atoms with van der Waals surface area (Å²) in [5, 5.41) is 14.7. The van der Waals surface area contributed by atoms with E-state index in [0.29, 0.717) is 36.3 Å². The largest absolute Gasteiger partial charge is 0.497 e. The van der Waals surface area contributed by atoms with Crippen LogP contribution >= 0.6 is 0 Å². The number of hydrogen-bond donors (Lipinski definition) is 3. The molecule has 11 nitrogen and oxygen atoms in total. The van der Waals surface area contributed by atoms with E-state index in [4.69, 9.17) is 10.5 Å². The molecular weight excluding hydrogens is 556 g/mol. The van der Waals surface area contributed by atoms with Crippen LogP contribution in [0.2, 0.25) is 0 Å². The van der Waals surface area contributed by atoms with E-state index < -0.39 is 5.91 Å². The van der Waals surface area contributed by atoms with Crippen molar-refractivity contribution in [2.75, 3.05) is 43.5 Å². The van der Waals surface area contributed by atoms with Crippen LogP contribution in [0.5, 0.6) is 5.75 Å². The lowest BCUT2D eigenvalue weighted by Crippen LogP contribution is -2.48. The van der Waals surface area contributed by atoms with E-state index in [1.807, 2.05) is 17.0 Å². The van der Waals surface area contributed by atoms with Gasteiger partial charge in [0.1, 0.15) is 5.75 Å². The molecule has 1 aliphatic carbocycles. The normalized spacial score (nSPS) is 19.9. The molecule has 3 aromatic rings. The Hall–Kier alpha value is -4.25. The molecule has 44 heavy (non-hydrogen) atoms. The van der Waals surface area contributed by atoms with Crippen LogP contribution in [0.3, 0.4) is 0 Å². The Morgan fingerprint density at radius 2 is 1.61 bits per heavy atom. The van der Waals surface area contributed by atoms with Gasteiger partial charge in [-0.3, -0.25) is 9.59 Å². The zero-order valence-corrected chi connectivity index (χ0v) is 25.4. The first-order valence-electron chi connectivity index (χ1n) is 15.8. The minimum atomic E-state index is -0.701. The summed E-state index contributed by atoms with van der Waals surface area (Å²) in [6.07, 6.45) is 9.52. The highest BCUT2D eigenvalue weighted by Gasteiger charge is 2.28. The molecule has 2 aliphatic heterocycles. The van der Waals surface area contributed by atoms with Gasteiger partial charge < -0.3 is 30.9 Å². The van der Waals surface area contributed by atoms with E-state index in [9.17, 15) is 9.59 Å². The van der Waals surface area contributed by atoms with Crippen LogP contribution in [0.1, 0.15) is 83.7 Å². The summed E-state index contributed by atoms with van der Waals surface area (Å²) in [6, 6.07) is 16.1. The quantitative estimate of drug-likeness (QED) is 0.330. The fraction of sp³-hybridized carbons (Fsp3) is 0.485. The monoisotopic (exact) mass is 598 g/mol. The van der Waals surface area contributed by atoms with Gasteiger partial charge in [-0.25, -0.2) is 0 Å². The molecule has 11 heteroatoms. The smallest absolute Gasteiger partial charge is 0.273 e. The summed E-state index contributed by atoms with van der Waals surface area (Å²) >= 11 is 0. The molecule has 3 fully saturated rings. The van der Waals surface area contributed by atoms with Crippen molar-refractivity contribution in [1.82, 2.24) is 25.4 Å². The van der Waals surface area contributed by atoms with Crippen molar-refractivity contribution in [3.05, 3.63) is 65.4 Å². The van der Waals surface area contributed by atoms with Crippen LogP contribution in [0.25, 0.3) is 0 Å². The number of carbonyl (C=O) groups excluding carboxylic acids is 2. The van der Waals surface area contributed by atoms with Crippen molar-refractivity contribution < 1.29 is 14.3 Å². The SMILES string of the molecule is COc1ccc(C(=O)NC2CCCN(c3nnc(C(N)=O)c(Nc4ccc(C5CCN(C6CCCC6)CC5)cc4)n3)C2)cc1. The van der Waals surface area contributed by atoms with Gasteiger partial charge in [0.15, 0.2) is 11.5 Å². The highest BCUT2D eigenvalue weighted by molar-refractivity contribution is 5.96. The molecule has 232 valence electrons. The molecule has 0 spiro atoms. The third-order valence-electron chi connectivity index (χ3n) is 9.32. The van der Waals surface area contributed by atoms with E-state index >= 15 is 0 Å². The number of likely N-dealkylation sites (tertiary alicyclic amines) is 1.